The number of imide groups is 1. The Kier molecular flexibility index (Phi) is 7.06. The van der Waals surface area contributed by atoms with Gasteiger partial charge in [0.1, 0.15) is 0 Å². The first-order valence-electron chi connectivity index (χ1n) is 7.89. The van der Waals surface area contributed by atoms with E-state index in [0.29, 0.717) is 15.6 Å². The minimum absolute atomic E-state index is 0.0270. The van der Waals surface area contributed by atoms with Crippen molar-refractivity contribution in [3.8, 4) is 0 Å². The molecule has 0 aromatic heterocycles. The molecule has 5 nitrogen and oxygen atoms in total. The van der Waals surface area contributed by atoms with Crippen LogP contribution in [-0.2, 0) is 25.5 Å². The summed E-state index contributed by atoms with van der Waals surface area (Å²) in [5, 5.41) is 3.03. The SMILES string of the molecule is O=C(COC(=O)Cc1ccc(Cl)c(Cl)c1)NC(=O)C1CCCCC1. The van der Waals surface area contributed by atoms with Gasteiger partial charge in [-0.05, 0) is 30.5 Å². The van der Waals surface area contributed by atoms with Gasteiger partial charge >= 0.3 is 5.97 Å². The summed E-state index contributed by atoms with van der Waals surface area (Å²) in [5.74, 6) is -1.57. The second-order valence-electron chi connectivity index (χ2n) is 5.83. The minimum atomic E-state index is -0.604. The Morgan fingerprint density at radius 1 is 1.08 bits per heavy atom. The molecule has 0 bridgehead atoms. The molecule has 0 spiro atoms. The average molecular weight is 372 g/mol. The molecule has 1 aromatic rings. The van der Waals surface area contributed by atoms with E-state index >= 15 is 0 Å². The van der Waals surface area contributed by atoms with Gasteiger partial charge in [-0.3, -0.25) is 19.7 Å². The first-order chi connectivity index (χ1) is 11.5. The number of rotatable bonds is 5. The van der Waals surface area contributed by atoms with Gasteiger partial charge in [0.2, 0.25) is 5.91 Å². The van der Waals surface area contributed by atoms with E-state index in [1.807, 2.05) is 0 Å². The summed E-state index contributed by atoms with van der Waals surface area (Å²) in [4.78, 5) is 35.4. The van der Waals surface area contributed by atoms with E-state index in [4.69, 9.17) is 27.9 Å². The molecule has 0 heterocycles. The largest absolute Gasteiger partial charge is 0.455 e. The second kappa shape index (κ2) is 9.04. The lowest BCUT2D eigenvalue weighted by Crippen LogP contribution is -2.39. The molecule has 1 aromatic carbocycles. The van der Waals surface area contributed by atoms with Crippen molar-refractivity contribution < 1.29 is 19.1 Å². The summed E-state index contributed by atoms with van der Waals surface area (Å²) in [5.41, 5.74) is 0.632. The van der Waals surface area contributed by atoms with Crippen LogP contribution >= 0.6 is 23.2 Å². The zero-order valence-corrected chi connectivity index (χ0v) is 14.7. The minimum Gasteiger partial charge on any atom is -0.455 e. The highest BCUT2D eigenvalue weighted by Gasteiger charge is 2.22. The van der Waals surface area contributed by atoms with E-state index in [1.165, 1.54) is 0 Å². The summed E-state index contributed by atoms with van der Waals surface area (Å²) >= 11 is 11.7. The molecule has 1 N–H and O–H groups in total. The van der Waals surface area contributed by atoms with Gasteiger partial charge in [-0.1, -0.05) is 48.5 Å². The lowest BCUT2D eigenvalue weighted by Gasteiger charge is -2.20. The zero-order chi connectivity index (χ0) is 17.5. The lowest BCUT2D eigenvalue weighted by atomic mass is 9.89. The number of nitrogens with one attached hydrogen (secondary N) is 1. The Balaban J connectivity index is 1.73. The third-order valence-electron chi connectivity index (χ3n) is 3.94. The number of carbonyl (C=O) groups excluding carboxylic acids is 3. The van der Waals surface area contributed by atoms with Gasteiger partial charge in [-0.15, -0.1) is 0 Å². The molecule has 0 unspecified atom stereocenters. The molecule has 1 fully saturated rings. The maximum Gasteiger partial charge on any atom is 0.310 e. The summed E-state index contributed by atoms with van der Waals surface area (Å²) in [7, 11) is 0. The number of hydrogen-bond acceptors (Lipinski definition) is 4. The fraction of sp³-hybridized carbons (Fsp3) is 0.471. The van der Waals surface area contributed by atoms with E-state index in [-0.39, 0.29) is 18.2 Å². The number of benzene rings is 1. The number of esters is 1. The molecule has 2 amide bonds. The van der Waals surface area contributed by atoms with E-state index in [9.17, 15) is 14.4 Å². The molecule has 1 aliphatic carbocycles. The van der Waals surface area contributed by atoms with E-state index < -0.39 is 18.5 Å². The van der Waals surface area contributed by atoms with Crippen LogP contribution < -0.4 is 5.32 Å². The quantitative estimate of drug-likeness (QED) is 0.805. The van der Waals surface area contributed by atoms with Crippen LogP contribution in [0.15, 0.2) is 18.2 Å². The Morgan fingerprint density at radius 3 is 2.46 bits per heavy atom. The fourth-order valence-corrected chi connectivity index (χ4v) is 2.97. The standard InChI is InChI=1S/C17H19Cl2NO4/c18-13-7-6-11(8-14(13)19)9-16(22)24-10-15(21)20-17(23)12-4-2-1-3-5-12/h6-8,12H,1-5,9-10H2,(H,20,21,23). The van der Waals surface area contributed by atoms with E-state index in [2.05, 4.69) is 5.32 Å². The topological polar surface area (TPSA) is 72.5 Å². The van der Waals surface area contributed by atoms with Crippen LogP contribution in [0.25, 0.3) is 0 Å². The molecule has 0 aliphatic heterocycles. The van der Waals surface area contributed by atoms with Crippen LogP contribution in [0.3, 0.4) is 0 Å². The van der Waals surface area contributed by atoms with Gasteiger partial charge in [0.15, 0.2) is 6.61 Å². The van der Waals surface area contributed by atoms with Gasteiger partial charge in [-0.2, -0.15) is 0 Å². The molecule has 0 atom stereocenters. The zero-order valence-electron chi connectivity index (χ0n) is 13.1. The third kappa shape index (κ3) is 5.80. The van der Waals surface area contributed by atoms with Crippen LogP contribution in [-0.4, -0.2) is 24.4 Å². The van der Waals surface area contributed by atoms with Crippen molar-refractivity contribution in [2.24, 2.45) is 5.92 Å². The normalized spacial score (nSPS) is 14.9. The molecule has 0 saturated heterocycles. The van der Waals surface area contributed by atoms with Crippen LogP contribution in [0.2, 0.25) is 10.0 Å². The Morgan fingerprint density at radius 2 is 1.79 bits per heavy atom. The molecule has 2 rings (SSSR count). The maximum atomic E-state index is 11.9. The Bertz CT molecular complexity index is 627. The molecule has 1 saturated carbocycles. The fourth-order valence-electron chi connectivity index (χ4n) is 2.65. The van der Waals surface area contributed by atoms with Crippen molar-refractivity contribution in [1.82, 2.24) is 5.32 Å². The number of hydrogen-bond donors (Lipinski definition) is 1. The lowest BCUT2D eigenvalue weighted by molar-refractivity contribution is -0.149. The molecule has 1 aliphatic rings. The smallest absolute Gasteiger partial charge is 0.310 e. The summed E-state index contributed by atoms with van der Waals surface area (Å²) in [6.45, 7) is -0.474. The highest BCUT2D eigenvalue weighted by Crippen LogP contribution is 2.24. The number of carbonyl (C=O) groups is 3. The molecule has 7 heteroatoms. The average Bonchev–Trinajstić information content (AvgIpc) is 2.57. The van der Waals surface area contributed by atoms with Gasteiger partial charge in [-0.25, -0.2) is 0 Å². The molecular formula is C17H19Cl2NO4. The second-order valence-corrected chi connectivity index (χ2v) is 6.65. The van der Waals surface area contributed by atoms with E-state index in [1.54, 1.807) is 18.2 Å². The third-order valence-corrected chi connectivity index (χ3v) is 4.67. The van der Waals surface area contributed by atoms with Crippen LogP contribution in [0.5, 0.6) is 0 Å². The number of amides is 2. The predicted molar refractivity (Wildman–Crippen MR) is 90.8 cm³/mol. The van der Waals surface area contributed by atoms with Crippen LogP contribution in [0.1, 0.15) is 37.7 Å². The van der Waals surface area contributed by atoms with Crippen LogP contribution in [0, 0.1) is 5.92 Å². The molecule has 130 valence electrons. The maximum absolute atomic E-state index is 11.9. The van der Waals surface area contributed by atoms with Crippen molar-refractivity contribution in [3.05, 3.63) is 33.8 Å². The molecule has 0 radical (unpaired) electrons. The van der Waals surface area contributed by atoms with Gasteiger partial charge in [0.25, 0.3) is 5.91 Å². The van der Waals surface area contributed by atoms with Crippen molar-refractivity contribution >= 4 is 41.0 Å². The highest BCUT2D eigenvalue weighted by atomic mass is 35.5. The number of ether oxygens (including phenoxy) is 1. The Labute approximate surface area is 150 Å². The van der Waals surface area contributed by atoms with Gasteiger partial charge in [0.05, 0.1) is 16.5 Å². The van der Waals surface area contributed by atoms with Gasteiger partial charge < -0.3 is 4.74 Å². The molecular weight excluding hydrogens is 353 g/mol. The van der Waals surface area contributed by atoms with Gasteiger partial charge in [0, 0.05) is 5.92 Å². The van der Waals surface area contributed by atoms with E-state index in [0.717, 1.165) is 32.1 Å². The van der Waals surface area contributed by atoms with Crippen molar-refractivity contribution in [2.45, 2.75) is 38.5 Å². The first-order valence-corrected chi connectivity index (χ1v) is 8.64. The Hall–Kier alpha value is -1.59. The number of halogens is 2. The summed E-state index contributed by atoms with van der Waals surface area (Å²) in [6.07, 6.45) is 4.72. The monoisotopic (exact) mass is 371 g/mol. The van der Waals surface area contributed by atoms with Crippen molar-refractivity contribution in [1.29, 1.82) is 0 Å². The van der Waals surface area contributed by atoms with Crippen molar-refractivity contribution in [3.63, 3.8) is 0 Å². The summed E-state index contributed by atoms with van der Waals surface area (Å²) in [6, 6.07) is 4.81. The predicted octanol–water partition coefficient (Wildman–Crippen LogP) is 3.30. The van der Waals surface area contributed by atoms with Crippen LogP contribution in [0.4, 0.5) is 0 Å². The highest BCUT2D eigenvalue weighted by molar-refractivity contribution is 6.42. The molecule has 24 heavy (non-hydrogen) atoms. The summed E-state index contributed by atoms with van der Waals surface area (Å²) < 4.78 is 4.89. The van der Waals surface area contributed by atoms with Crippen molar-refractivity contribution in [2.75, 3.05) is 6.61 Å². The first kappa shape index (κ1) is 18.7.